The number of ether oxygens (including phenoxy) is 2. The lowest BCUT2D eigenvalue weighted by molar-refractivity contribution is 0.0664. The zero-order valence-electron chi connectivity index (χ0n) is 14.4. The molecule has 124 valence electrons. The van der Waals surface area contributed by atoms with Crippen LogP contribution in [0.15, 0.2) is 56.3 Å². The van der Waals surface area contributed by atoms with E-state index in [-0.39, 0.29) is 5.97 Å². The molecular weight excluding hydrogens is 276 g/mol. The molecule has 3 nitrogen and oxygen atoms in total. The highest BCUT2D eigenvalue weighted by Crippen LogP contribution is 2.00. The van der Waals surface area contributed by atoms with Crippen LogP contribution in [0.2, 0.25) is 0 Å². The van der Waals surface area contributed by atoms with Gasteiger partial charge < -0.3 is 9.47 Å². The van der Waals surface area contributed by atoms with E-state index in [9.17, 15) is 4.79 Å². The molecule has 0 aliphatic rings. The maximum atomic E-state index is 11.0. The van der Waals surface area contributed by atoms with Crippen molar-refractivity contribution in [2.24, 2.45) is 11.8 Å². The van der Waals surface area contributed by atoms with Crippen LogP contribution in [0.5, 0.6) is 0 Å². The molecule has 0 amide bonds. The molecule has 1 rings (SSSR count). The van der Waals surface area contributed by atoms with Crippen molar-refractivity contribution in [1.29, 1.82) is 0 Å². The molecule has 0 saturated heterocycles. The third-order valence-electron chi connectivity index (χ3n) is 2.10. The molecule has 0 N–H and O–H groups in total. The van der Waals surface area contributed by atoms with Crippen molar-refractivity contribution < 1.29 is 14.3 Å². The Kier molecular flexibility index (Phi) is 15.8. The third kappa shape index (κ3) is 14.5. The van der Waals surface area contributed by atoms with Gasteiger partial charge in [0.05, 0.1) is 11.8 Å². The van der Waals surface area contributed by atoms with Gasteiger partial charge in [-0.25, -0.2) is 4.79 Å². The number of benzene rings is 1. The minimum Gasteiger partial charge on any atom is -0.432 e. The van der Waals surface area contributed by atoms with Gasteiger partial charge in [-0.2, -0.15) is 0 Å². The first kappa shape index (κ1) is 22.4. The minimum atomic E-state index is -0.374. The predicted molar refractivity (Wildman–Crippen MR) is 93.8 cm³/mol. The Morgan fingerprint density at radius 1 is 1.05 bits per heavy atom. The van der Waals surface area contributed by atoms with Gasteiger partial charge in [-0.3, -0.25) is 0 Å². The Labute approximate surface area is 135 Å². The van der Waals surface area contributed by atoms with Crippen molar-refractivity contribution in [3.8, 4) is 0 Å². The van der Waals surface area contributed by atoms with Crippen LogP contribution in [-0.2, 0) is 9.47 Å². The van der Waals surface area contributed by atoms with Gasteiger partial charge in [-0.1, -0.05) is 52.5 Å². The highest BCUT2D eigenvalue weighted by Gasteiger charge is 2.01. The monoisotopic (exact) mass is 306 g/mol. The summed E-state index contributed by atoms with van der Waals surface area (Å²) in [5, 5.41) is 0. The number of hydrogen-bond acceptors (Lipinski definition) is 3. The molecule has 0 fully saturated rings. The van der Waals surface area contributed by atoms with Crippen LogP contribution in [0, 0.1) is 11.8 Å². The Morgan fingerprint density at radius 3 is 1.86 bits per heavy atom. The molecule has 0 unspecified atom stereocenters. The second-order valence-electron chi connectivity index (χ2n) is 5.26. The lowest BCUT2D eigenvalue weighted by atomic mass is 10.2. The Balaban J connectivity index is 0. The van der Waals surface area contributed by atoms with Crippen LogP contribution in [-0.4, -0.2) is 19.2 Å². The molecule has 0 radical (unpaired) electrons. The summed E-state index contributed by atoms with van der Waals surface area (Å²) in [6.07, 6.45) is 1.12. The summed E-state index contributed by atoms with van der Waals surface area (Å²) in [5.74, 6) is 0.966. The summed E-state index contributed by atoms with van der Waals surface area (Å²) in [6, 6.07) is 8.77. The predicted octanol–water partition coefficient (Wildman–Crippen LogP) is 5.10. The van der Waals surface area contributed by atoms with E-state index >= 15 is 0 Å². The maximum absolute atomic E-state index is 11.0. The second kappa shape index (κ2) is 15.5. The van der Waals surface area contributed by atoms with Crippen LogP contribution >= 0.6 is 0 Å². The molecule has 0 aromatic heterocycles. The molecule has 0 bridgehead atoms. The zero-order valence-corrected chi connectivity index (χ0v) is 14.4. The van der Waals surface area contributed by atoms with E-state index in [1.54, 1.807) is 24.3 Å². The molecule has 0 spiro atoms. The lowest BCUT2D eigenvalue weighted by Crippen LogP contribution is -2.06. The number of carbonyl (C=O) groups excluding carboxylic acids is 1. The van der Waals surface area contributed by atoms with Gasteiger partial charge in [0.1, 0.15) is 0 Å². The van der Waals surface area contributed by atoms with Crippen molar-refractivity contribution in [3.05, 3.63) is 61.9 Å². The van der Waals surface area contributed by atoms with E-state index in [0.29, 0.717) is 17.4 Å². The first-order valence-electron chi connectivity index (χ1n) is 7.42. The molecule has 0 heterocycles. The maximum Gasteiger partial charge on any atom is 0.342 e. The number of hydrogen-bond donors (Lipinski definition) is 0. The molecule has 3 heteroatoms. The van der Waals surface area contributed by atoms with Crippen LogP contribution in [0.1, 0.15) is 38.1 Å². The topological polar surface area (TPSA) is 35.5 Å². The van der Waals surface area contributed by atoms with E-state index in [0.717, 1.165) is 19.5 Å². The summed E-state index contributed by atoms with van der Waals surface area (Å²) in [4.78, 5) is 11.0. The SMILES string of the molecule is C=C.C=COC(=O)c1ccccc1.CC(C)COCC(C)C. The first-order valence-corrected chi connectivity index (χ1v) is 7.42. The van der Waals surface area contributed by atoms with Gasteiger partial charge in [-0.15, -0.1) is 13.2 Å². The van der Waals surface area contributed by atoms with Gasteiger partial charge in [-0.05, 0) is 24.0 Å². The van der Waals surface area contributed by atoms with Crippen molar-refractivity contribution in [1.82, 2.24) is 0 Å². The first-order chi connectivity index (χ1) is 10.5. The van der Waals surface area contributed by atoms with E-state index in [1.165, 1.54) is 0 Å². The standard InChI is InChI=1S/C9H8O2.C8H18O.C2H4/c1-2-11-9(10)8-6-4-3-5-7-8;1-7(2)5-9-6-8(3)4;1-2/h2-7H,1H2;7-8H,5-6H2,1-4H3;1-2H2. The quantitative estimate of drug-likeness (QED) is 0.416. The smallest absolute Gasteiger partial charge is 0.342 e. The molecule has 1 aromatic rings. The molecule has 1 aromatic carbocycles. The average Bonchev–Trinajstić information content (AvgIpc) is 2.50. The largest absolute Gasteiger partial charge is 0.432 e. The number of carbonyl (C=O) groups is 1. The van der Waals surface area contributed by atoms with Gasteiger partial charge >= 0.3 is 5.97 Å². The summed E-state index contributed by atoms with van der Waals surface area (Å²) >= 11 is 0. The van der Waals surface area contributed by atoms with Crippen LogP contribution < -0.4 is 0 Å². The number of rotatable bonds is 6. The summed E-state index contributed by atoms with van der Waals surface area (Å²) < 4.78 is 9.91. The van der Waals surface area contributed by atoms with Crippen molar-refractivity contribution in [2.75, 3.05) is 13.2 Å². The minimum absolute atomic E-state index is 0.374. The second-order valence-corrected chi connectivity index (χ2v) is 5.26. The molecule has 0 atom stereocenters. The van der Waals surface area contributed by atoms with Gasteiger partial charge in [0, 0.05) is 13.2 Å². The molecule has 22 heavy (non-hydrogen) atoms. The van der Waals surface area contributed by atoms with E-state index in [1.807, 2.05) is 6.07 Å². The fourth-order valence-corrected chi connectivity index (χ4v) is 1.26. The van der Waals surface area contributed by atoms with Gasteiger partial charge in [0.25, 0.3) is 0 Å². The van der Waals surface area contributed by atoms with Crippen LogP contribution in [0.4, 0.5) is 0 Å². The molecule has 0 aliphatic heterocycles. The van der Waals surface area contributed by atoms with Crippen molar-refractivity contribution in [3.63, 3.8) is 0 Å². The fraction of sp³-hybridized carbons (Fsp3) is 0.421. The molecular formula is C19H30O3. The Hall–Kier alpha value is -1.87. The third-order valence-corrected chi connectivity index (χ3v) is 2.10. The summed E-state index contributed by atoms with van der Waals surface area (Å²) in [7, 11) is 0. The van der Waals surface area contributed by atoms with E-state index < -0.39 is 0 Å². The van der Waals surface area contributed by atoms with Gasteiger partial charge in [0.2, 0.25) is 0 Å². The highest BCUT2D eigenvalue weighted by molar-refractivity contribution is 5.89. The van der Waals surface area contributed by atoms with E-state index in [2.05, 4.69) is 52.2 Å². The molecule has 0 saturated carbocycles. The van der Waals surface area contributed by atoms with E-state index in [4.69, 9.17) is 4.74 Å². The average molecular weight is 306 g/mol. The van der Waals surface area contributed by atoms with Crippen LogP contribution in [0.3, 0.4) is 0 Å². The fourth-order valence-electron chi connectivity index (χ4n) is 1.26. The zero-order chi connectivity index (χ0) is 17.4. The Morgan fingerprint density at radius 2 is 1.50 bits per heavy atom. The summed E-state index contributed by atoms with van der Waals surface area (Å²) in [5.41, 5.74) is 0.535. The van der Waals surface area contributed by atoms with Crippen molar-refractivity contribution >= 4 is 5.97 Å². The lowest BCUT2D eigenvalue weighted by Gasteiger charge is -2.07. The van der Waals surface area contributed by atoms with Crippen LogP contribution in [0.25, 0.3) is 0 Å². The summed E-state index contributed by atoms with van der Waals surface area (Å²) in [6.45, 7) is 19.8. The van der Waals surface area contributed by atoms with Crippen molar-refractivity contribution in [2.45, 2.75) is 27.7 Å². The molecule has 0 aliphatic carbocycles. The Bertz CT molecular complexity index is 375. The highest BCUT2D eigenvalue weighted by atomic mass is 16.5. The number of esters is 1. The van der Waals surface area contributed by atoms with Gasteiger partial charge in [0.15, 0.2) is 0 Å². The normalized spacial score (nSPS) is 9.18.